The number of benzene rings is 1. The highest BCUT2D eigenvalue weighted by Gasteiger charge is 2.13. The lowest BCUT2D eigenvalue weighted by atomic mass is 10.1. The molecule has 0 atom stereocenters. The number of hydrogen-bond acceptors (Lipinski definition) is 2. The third-order valence-corrected chi connectivity index (χ3v) is 2.64. The molecule has 2 rings (SSSR count). The monoisotopic (exact) mass is 236 g/mol. The Morgan fingerprint density at radius 3 is 2.81 bits per heavy atom. The number of imidazole rings is 1. The Hall–Kier alpha value is -1.48. The highest BCUT2D eigenvalue weighted by atomic mass is 35.5. The van der Waals surface area contributed by atoms with Crippen molar-refractivity contribution >= 4 is 11.6 Å². The number of nitrogens with one attached hydrogen (secondary N) is 1. The van der Waals surface area contributed by atoms with E-state index in [1.54, 1.807) is 7.11 Å². The lowest BCUT2D eigenvalue weighted by molar-refractivity contribution is 0.416. The predicted molar refractivity (Wildman–Crippen MR) is 65.0 cm³/mol. The van der Waals surface area contributed by atoms with Crippen molar-refractivity contribution < 1.29 is 4.74 Å². The molecule has 84 valence electrons. The van der Waals surface area contributed by atoms with Crippen LogP contribution in [0.3, 0.4) is 0 Å². The molecule has 1 N–H and O–H groups in total. The van der Waals surface area contributed by atoms with E-state index in [2.05, 4.69) is 16.9 Å². The maximum atomic E-state index is 5.88. The second kappa shape index (κ2) is 4.58. The Labute approximate surface area is 99.4 Å². The molecule has 0 aliphatic rings. The minimum atomic E-state index is 0.415. The van der Waals surface area contributed by atoms with Gasteiger partial charge in [-0.1, -0.05) is 19.1 Å². The second-order valence-corrected chi connectivity index (χ2v) is 3.77. The molecule has 0 spiro atoms. The zero-order valence-corrected chi connectivity index (χ0v) is 10.0. The Morgan fingerprint density at radius 2 is 2.12 bits per heavy atom. The molecular weight excluding hydrogens is 224 g/mol. The van der Waals surface area contributed by atoms with Crippen LogP contribution in [-0.2, 0) is 6.42 Å². The molecule has 1 aromatic heterocycles. The SMILES string of the molecule is CCc1[nH]c(Cl)nc1-c1ccccc1OC. The third kappa shape index (κ3) is 1.91. The fourth-order valence-electron chi connectivity index (χ4n) is 1.70. The fraction of sp³-hybridized carbons (Fsp3) is 0.250. The number of halogens is 1. The van der Waals surface area contributed by atoms with Crippen molar-refractivity contribution in [2.75, 3.05) is 7.11 Å². The maximum absolute atomic E-state index is 5.88. The molecule has 2 aromatic rings. The first-order valence-electron chi connectivity index (χ1n) is 5.14. The molecule has 4 heteroatoms. The summed E-state index contributed by atoms with van der Waals surface area (Å²) in [7, 11) is 1.65. The van der Waals surface area contributed by atoms with Crippen LogP contribution in [0.5, 0.6) is 5.75 Å². The highest BCUT2D eigenvalue weighted by molar-refractivity contribution is 6.28. The summed E-state index contributed by atoms with van der Waals surface area (Å²) in [6.07, 6.45) is 0.854. The molecule has 0 fully saturated rings. The van der Waals surface area contributed by atoms with Crippen LogP contribution in [0.4, 0.5) is 0 Å². The Balaban J connectivity index is 2.57. The smallest absolute Gasteiger partial charge is 0.200 e. The maximum Gasteiger partial charge on any atom is 0.200 e. The van der Waals surface area contributed by atoms with E-state index in [0.717, 1.165) is 29.1 Å². The van der Waals surface area contributed by atoms with Crippen molar-refractivity contribution in [3.63, 3.8) is 0 Å². The normalized spacial score (nSPS) is 10.4. The molecule has 0 saturated heterocycles. The Morgan fingerprint density at radius 1 is 1.38 bits per heavy atom. The van der Waals surface area contributed by atoms with Gasteiger partial charge in [0.15, 0.2) is 0 Å². The number of ether oxygens (including phenoxy) is 1. The van der Waals surface area contributed by atoms with Crippen LogP contribution in [0.2, 0.25) is 5.28 Å². The molecule has 0 radical (unpaired) electrons. The summed E-state index contributed by atoms with van der Waals surface area (Å²) in [6.45, 7) is 2.06. The standard InChI is InChI=1S/C12H13ClN2O/c1-3-9-11(15-12(13)14-9)8-6-4-5-7-10(8)16-2/h4-7H,3H2,1-2H3,(H,14,15). The molecular formula is C12H13ClN2O. The third-order valence-electron chi connectivity index (χ3n) is 2.47. The lowest BCUT2D eigenvalue weighted by Crippen LogP contribution is -1.90. The van der Waals surface area contributed by atoms with Crippen LogP contribution in [0.15, 0.2) is 24.3 Å². The van der Waals surface area contributed by atoms with Gasteiger partial charge in [0.25, 0.3) is 0 Å². The summed E-state index contributed by atoms with van der Waals surface area (Å²) in [4.78, 5) is 7.33. The minimum Gasteiger partial charge on any atom is -0.496 e. The average molecular weight is 237 g/mol. The summed E-state index contributed by atoms with van der Waals surface area (Å²) >= 11 is 5.88. The molecule has 3 nitrogen and oxygen atoms in total. The first-order valence-corrected chi connectivity index (χ1v) is 5.51. The Bertz CT molecular complexity index is 494. The summed E-state index contributed by atoms with van der Waals surface area (Å²) in [5, 5.41) is 0.415. The first-order chi connectivity index (χ1) is 7.76. The molecule has 16 heavy (non-hydrogen) atoms. The van der Waals surface area contributed by atoms with E-state index >= 15 is 0 Å². The van der Waals surface area contributed by atoms with Crippen molar-refractivity contribution in [3.8, 4) is 17.0 Å². The average Bonchev–Trinajstić information content (AvgIpc) is 2.70. The van der Waals surface area contributed by atoms with E-state index in [4.69, 9.17) is 16.3 Å². The van der Waals surface area contributed by atoms with E-state index in [9.17, 15) is 0 Å². The summed E-state index contributed by atoms with van der Waals surface area (Å²) in [5.74, 6) is 0.806. The molecule has 0 amide bonds. The highest BCUT2D eigenvalue weighted by Crippen LogP contribution is 2.31. The summed E-state index contributed by atoms with van der Waals surface area (Å²) in [6, 6.07) is 7.78. The zero-order chi connectivity index (χ0) is 11.5. The van der Waals surface area contributed by atoms with Crippen LogP contribution in [-0.4, -0.2) is 17.1 Å². The lowest BCUT2D eigenvalue weighted by Gasteiger charge is -2.06. The molecule has 1 heterocycles. The van der Waals surface area contributed by atoms with Crippen molar-refractivity contribution in [3.05, 3.63) is 35.2 Å². The largest absolute Gasteiger partial charge is 0.496 e. The van der Waals surface area contributed by atoms with Crippen molar-refractivity contribution in [1.82, 2.24) is 9.97 Å². The Kier molecular flexibility index (Phi) is 3.15. The molecule has 0 unspecified atom stereocenters. The van der Waals surface area contributed by atoms with Crippen LogP contribution in [0.25, 0.3) is 11.3 Å². The van der Waals surface area contributed by atoms with Gasteiger partial charge >= 0.3 is 0 Å². The number of methoxy groups -OCH3 is 1. The molecule has 0 aliphatic heterocycles. The first kappa shape index (κ1) is 11.0. The van der Waals surface area contributed by atoms with Crippen LogP contribution >= 0.6 is 11.6 Å². The van der Waals surface area contributed by atoms with Crippen LogP contribution in [0, 0.1) is 0 Å². The van der Waals surface area contributed by atoms with E-state index in [0.29, 0.717) is 5.28 Å². The van der Waals surface area contributed by atoms with Crippen LogP contribution < -0.4 is 4.74 Å². The van der Waals surface area contributed by atoms with E-state index < -0.39 is 0 Å². The van der Waals surface area contributed by atoms with Gasteiger partial charge in [-0.25, -0.2) is 4.98 Å². The fourth-order valence-corrected chi connectivity index (χ4v) is 1.89. The summed E-state index contributed by atoms with van der Waals surface area (Å²) in [5.41, 5.74) is 2.85. The number of H-pyrrole nitrogens is 1. The van der Waals surface area contributed by atoms with E-state index in [1.807, 2.05) is 24.3 Å². The molecule has 0 bridgehead atoms. The van der Waals surface area contributed by atoms with Gasteiger partial charge in [-0.3, -0.25) is 0 Å². The van der Waals surface area contributed by atoms with Gasteiger partial charge < -0.3 is 9.72 Å². The van der Waals surface area contributed by atoms with Gasteiger partial charge in [-0.15, -0.1) is 0 Å². The van der Waals surface area contributed by atoms with Crippen molar-refractivity contribution in [2.45, 2.75) is 13.3 Å². The number of aromatic amines is 1. The van der Waals surface area contributed by atoms with Gasteiger partial charge in [0.05, 0.1) is 12.8 Å². The number of rotatable bonds is 3. The number of nitrogens with zero attached hydrogens (tertiary/aromatic N) is 1. The van der Waals surface area contributed by atoms with Gasteiger partial charge in [-0.2, -0.15) is 0 Å². The van der Waals surface area contributed by atoms with Crippen molar-refractivity contribution in [1.29, 1.82) is 0 Å². The second-order valence-electron chi connectivity index (χ2n) is 3.41. The van der Waals surface area contributed by atoms with Gasteiger partial charge in [-0.05, 0) is 30.2 Å². The topological polar surface area (TPSA) is 37.9 Å². The molecule has 0 aliphatic carbocycles. The van der Waals surface area contributed by atoms with Gasteiger partial charge in [0.2, 0.25) is 5.28 Å². The van der Waals surface area contributed by atoms with Gasteiger partial charge in [0.1, 0.15) is 5.75 Å². The quantitative estimate of drug-likeness (QED) is 0.888. The van der Waals surface area contributed by atoms with E-state index in [1.165, 1.54) is 0 Å². The zero-order valence-electron chi connectivity index (χ0n) is 9.25. The molecule has 0 saturated carbocycles. The van der Waals surface area contributed by atoms with Crippen LogP contribution in [0.1, 0.15) is 12.6 Å². The number of hydrogen-bond donors (Lipinski definition) is 1. The van der Waals surface area contributed by atoms with E-state index in [-0.39, 0.29) is 0 Å². The number of aryl methyl sites for hydroxylation is 1. The predicted octanol–water partition coefficient (Wildman–Crippen LogP) is 3.30. The molecule has 1 aromatic carbocycles. The minimum absolute atomic E-state index is 0.415. The number of aromatic nitrogens is 2. The number of para-hydroxylation sites is 1. The van der Waals surface area contributed by atoms with Gasteiger partial charge in [0, 0.05) is 11.3 Å². The summed E-state index contributed by atoms with van der Waals surface area (Å²) < 4.78 is 5.31. The van der Waals surface area contributed by atoms with Crippen molar-refractivity contribution in [2.24, 2.45) is 0 Å².